The lowest BCUT2D eigenvalue weighted by Crippen LogP contribution is -2.23. The van der Waals surface area contributed by atoms with Crippen LogP contribution in [-0.4, -0.2) is 32.3 Å². The summed E-state index contributed by atoms with van der Waals surface area (Å²) in [6, 6.07) is 11.8. The first-order valence-electron chi connectivity index (χ1n) is 9.29. The average molecular weight is 497 g/mol. The van der Waals surface area contributed by atoms with Crippen LogP contribution in [0.5, 0.6) is 17.2 Å². The monoisotopic (exact) mass is 497 g/mol. The van der Waals surface area contributed by atoms with Crippen molar-refractivity contribution < 1.29 is 14.2 Å². The lowest BCUT2D eigenvalue weighted by atomic mass is 10.1. The fourth-order valence-corrected chi connectivity index (χ4v) is 2.89. The van der Waals surface area contributed by atoms with Gasteiger partial charge in [0.1, 0.15) is 5.75 Å². The number of para-hydroxylation sites is 1. The van der Waals surface area contributed by atoms with Crippen molar-refractivity contribution in [3.8, 4) is 17.2 Å². The zero-order valence-corrected chi connectivity index (χ0v) is 18.7. The van der Waals surface area contributed by atoms with Crippen molar-refractivity contribution in [3.63, 3.8) is 0 Å². The number of ether oxygens (including phenoxy) is 3. The molecule has 0 aromatic heterocycles. The van der Waals surface area contributed by atoms with E-state index in [1.54, 1.807) is 0 Å². The highest BCUT2D eigenvalue weighted by molar-refractivity contribution is 14.0. The minimum absolute atomic E-state index is 0. The van der Waals surface area contributed by atoms with Crippen LogP contribution in [0.2, 0.25) is 0 Å². The zero-order chi connectivity index (χ0) is 19.1. The Bertz CT molecular complexity index is 791. The summed E-state index contributed by atoms with van der Waals surface area (Å²) >= 11 is 0. The molecular formula is C21H28IN3O3. The second kappa shape index (κ2) is 11.0. The minimum atomic E-state index is 0. The first kappa shape index (κ1) is 22.1. The van der Waals surface area contributed by atoms with Crippen LogP contribution in [0.1, 0.15) is 24.0 Å². The fraction of sp³-hybridized carbons (Fsp3) is 0.381. The number of guanidine groups is 1. The number of halogens is 1. The summed E-state index contributed by atoms with van der Waals surface area (Å²) in [6.45, 7) is 6.63. The topological polar surface area (TPSA) is 78.1 Å². The molecule has 28 heavy (non-hydrogen) atoms. The van der Waals surface area contributed by atoms with Crippen LogP contribution in [0, 0.1) is 13.8 Å². The SMILES string of the molecule is Cc1cccc(C)c1OCCCN=C(N)Nc1ccc2c(c1)OCCCO2.I. The standard InChI is InChI=1S/C21H27N3O3.HI/c1-15-6-3-7-16(2)20(15)27-11-4-10-23-21(22)24-17-8-9-18-19(14-17)26-13-5-12-25-18;/h3,6-9,14H,4-5,10-13H2,1-2H3,(H3,22,23,24);1H. The van der Waals surface area contributed by atoms with Gasteiger partial charge in [-0.25, -0.2) is 0 Å². The second-order valence-electron chi connectivity index (χ2n) is 6.53. The normalized spacial score (nSPS) is 13.3. The van der Waals surface area contributed by atoms with Crippen LogP contribution in [0.4, 0.5) is 5.69 Å². The molecule has 0 saturated heterocycles. The van der Waals surface area contributed by atoms with E-state index in [-0.39, 0.29) is 24.0 Å². The maximum atomic E-state index is 5.98. The highest BCUT2D eigenvalue weighted by atomic mass is 127. The number of aliphatic imine (C=N–C) groups is 1. The number of fused-ring (bicyclic) bond motifs is 1. The third-order valence-electron chi connectivity index (χ3n) is 4.26. The molecule has 0 radical (unpaired) electrons. The quantitative estimate of drug-likeness (QED) is 0.270. The van der Waals surface area contributed by atoms with Crippen LogP contribution in [0.15, 0.2) is 41.4 Å². The molecule has 2 aromatic carbocycles. The molecule has 0 atom stereocenters. The van der Waals surface area contributed by atoms with Gasteiger partial charge < -0.3 is 25.3 Å². The van der Waals surface area contributed by atoms with E-state index in [1.165, 1.54) is 0 Å². The third-order valence-corrected chi connectivity index (χ3v) is 4.26. The number of rotatable bonds is 6. The highest BCUT2D eigenvalue weighted by Crippen LogP contribution is 2.32. The molecule has 1 heterocycles. The fourth-order valence-electron chi connectivity index (χ4n) is 2.89. The van der Waals surface area contributed by atoms with Crippen molar-refractivity contribution in [2.45, 2.75) is 26.7 Å². The molecule has 1 aliphatic rings. The van der Waals surface area contributed by atoms with E-state index >= 15 is 0 Å². The number of anilines is 1. The van der Waals surface area contributed by atoms with Crippen LogP contribution in [-0.2, 0) is 0 Å². The number of aryl methyl sites for hydroxylation is 2. The summed E-state index contributed by atoms with van der Waals surface area (Å²) in [4.78, 5) is 4.36. The van der Waals surface area contributed by atoms with E-state index in [0.29, 0.717) is 32.3 Å². The molecule has 7 heteroatoms. The van der Waals surface area contributed by atoms with E-state index in [9.17, 15) is 0 Å². The van der Waals surface area contributed by atoms with Crippen LogP contribution >= 0.6 is 24.0 Å². The molecule has 0 aliphatic carbocycles. The van der Waals surface area contributed by atoms with Gasteiger partial charge in [-0.1, -0.05) is 18.2 Å². The van der Waals surface area contributed by atoms with Crippen LogP contribution in [0.25, 0.3) is 0 Å². The third kappa shape index (κ3) is 6.19. The largest absolute Gasteiger partial charge is 0.493 e. The van der Waals surface area contributed by atoms with Gasteiger partial charge in [0, 0.05) is 31.1 Å². The molecule has 1 aliphatic heterocycles. The summed E-state index contributed by atoms with van der Waals surface area (Å²) < 4.78 is 17.2. The van der Waals surface area contributed by atoms with E-state index in [1.807, 2.05) is 24.3 Å². The summed E-state index contributed by atoms with van der Waals surface area (Å²) in [5, 5.41) is 3.09. The van der Waals surface area contributed by atoms with Gasteiger partial charge >= 0.3 is 0 Å². The molecule has 152 valence electrons. The Morgan fingerprint density at radius 2 is 1.82 bits per heavy atom. The summed E-state index contributed by atoms with van der Waals surface area (Å²) in [5.41, 5.74) is 9.10. The predicted molar refractivity (Wildman–Crippen MR) is 124 cm³/mol. The Kier molecular flexibility index (Phi) is 8.69. The van der Waals surface area contributed by atoms with Crippen molar-refractivity contribution in [2.75, 3.05) is 31.7 Å². The first-order valence-corrected chi connectivity index (χ1v) is 9.29. The van der Waals surface area contributed by atoms with Gasteiger partial charge in [0.05, 0.1) is 19.8 Å². The minimum Gasteiger partial charge on any atom is -0.493 e. The number of hydrogen-bond donors (Lipinski definition) is 2. The maximum Gasteiger partial charge on any atom is 0.193 e. The van der Waals surface area contributed by atoms with Crippen molar-refractivity contribution in [3.05, 3.63) is 47.5 Å². The Morgan fingerprint density at radius 1 is 1.11 bits per heavy atom. The molecule has 0 unspecified atom stereocenters. The van der Waals surface area contributed by atoms with Crippen molar-refractivity contribution in [1.82, 2.24) is 0 Å². The number of nitrogens with zero attached hydrogens (tertiary/aromatic N) is 1. The van der Waals surface area contributed by atoms with Gasteiger partial charge in [-0.2, -0.15) is 0 Å². The number of nitrogens with two attached hydrogens (primary N) is 1. The van der Waals surface area contributed by atoms with Gasteiger partial charge in [-0.05, 0) is 37.1 Å². The highest BCUT2D eigenvalue weighted by Gasteiger charge is 2.10. The van der Waals surface area contributed by atoms with Gasteiger partial charge in [0.15, 0.2) is 17.5 Å². The molecule has 0 bridgehead atoms. The van der Waals surface area contributed by atoms with Gasteiger partial charge in [-0.3, -0.25) is 4.99 Å². The lowest BCUT2D eigenvalue weighted by molar-refractivity contribution is 0.297. The Labute approximate surface area is 183 Å². The second-order valence-corrected chi connectivity index (χ2v) is 6.53. The van der Waals surface area contributed by atoms with Gasteiger partial charge in [0.25, 0.3) is 0 Å². The smallest absolute Gasteiger partial charge is 0.193 e. The molecule has 2 aromatic rings. The Morgan fingerprint density at radius 3 is 2.57 bits per heavy atom. The van der Waals surface area contributed by atoms with E-state index in [2.05, 4.69) is 36.3 Å². The first-order chi connectivity index (χ1) is 13.1. The van der Waals surface area contributed by atoms with Gasteiger partial charge in [0.2, 0.25) is 0 Å². The van der Waals surface area contributed by atoms with Crippen molar-refractivity contribution in [1.29, 1.82) is 0 Å². The Hall–Kier alpha value is -2.16. The molecule has 3 rings (SSSR count). The van der Waals surface area contributed by atoms with Crippen LogP contribution in [0.3, 0.4) is 0 Å². The zero-order valence-electron chi connectivity index (χ0n) is 16.4. The summed E-state index contributed by atoms with van der Waals surface area (Å²) in [7, 11) is 0. The molecule has 0 spiro atoms. The average Bonchev–Trinajstić information content (AvgIpc) is 2.88. The van der Waals surface area contributed by atoms with E-state index in [0.717, 1.165) is 46.9 Å². The van der Waals surface area contributed by atoms with Crippen molar-refractivity contribution >= 4 is 35.6 Å². The Balaban J connectivity index is 0.00000280. The molecule has 6 nitrogen and oxygen atoms in total. The molecule has 0 saturated carbocycles. The number of nitrogens with one attached hydrogen (secondary N) is 1. The summed E-state index contributed by atoms with van der Waals surface area (Å²) in [6.07, 6.45) is 1.67. The maximum absolute atomic E-state index is 5.98. The number of hydrogen-bond acceptors (Lipinski definition) is 4. The molecule has 0 amide bonds. The van der Waals surface area contributed by atoms with E-state index < -0.39 is 0 Å². The van der Waals surface area contributed by atoms with Crippen LogP contribution < -0.4 is 25.3 Å². The number of benzene rings is 2. The van der Waals surface area contributed by atoms with E-state index in [4.69, 9.17) is 19.9 Å². The van der Waals surface area contributed by atoms with Crippen molar-refractivity contribution in [2.24, 2.45) is 10.7 Å². The summed E-state index contributed by atoms with van der Waals surface area (Å²) in [5.74, 6) is 2.82. The molecule has 0 fully saturated rings. The molecule has 3 N–H and O–H groups in total. The molecular weight excluding hydrogens is 469 g/mol. The lowest BCUT2D eigenvalue weighted by Gasteiger charge is -2.12. The predicted octanol–water partition coefficient (Wildman–Crippen LogP) is 4.28. The van der Waals surface area contributed by atoms with Gasteiger partial charge in [-0.15, -0.1) is 24.0 Å².